The number of aromatic nitrogens is 8. The molecule has 0 aliphatic rings. The van der Waals surface area contributed by atoms with E-state index in [-0.39, 0.29) is 47.3 Å². The molecule has 11 N–H and O–H groups in total. The maximum Gasteiger partial charge on any atom is 0.255 e. The predicted octanol–water partition coefficient (Wildman–Crippen LogP) is 25.0. The van der Waals surface area contributed by atoms with Crippen LogP contribution in [0, 0.1) is 11.6 Å². The van der Waals surface area contributed by atoms with Crippen molar-refractivity contribution in [3.63, 3.8) is 0 Å². The van der Waals surface area contributed by atoms with E-state index in [0.29, 0.717) is 135 Å². The van der Waals surface area contributed by atoms with Crippen LogP contribution in [0.5, 0.6) is 11.5 Å². The molecule has 8 amide bonds. The molecule has 0 fully saturated rings. The molecule has 0 saturated heterocycles. The second kappa shape index (κ2) is 46.1. The van der Waals surface area contributed by atoms with E-state index in [1.165, 1.54) is 48.5 Å². The van der Waals surface area contributed by atoms with Gasteiger partial charge in [-0.05, 0) is 367 Å². The molecule has 0 aliphatic heterocycles. The van der Waals surface area contributed by atoms with Crippen molar-refractivity contribution < 1.29 is 56.6 Å². The number of hydrogen-bond acceptors (Lipinski definition) is 15. The van der Waals surface area contributed by atoms with Gasteiger partial charge in [-0.2, -0.15) is 0 Å². The third kappa shape index (κ3) is 25.5. The van der Waals surface area contributed by atoms with E-state index in [2.05, 4.69) is 96.0 Å². The van der Waals surface area contributed by atoms with Gasteiger partial charge in [-0.3, -0.25) is 38.4 Å². The van der Waals surface area contributed by atoms with Gasteiger partial charge < -0.3 is 76.4 Å². The van der Waals surface area contributed by atoms with Crippen LogP contribution < -0.4 is 52.0 Å². The minimum Gasteiger partial charge on any atom is -0.497 e. The minimum atomic E-state index is -0.406. The Morgan fingerprint density at radius 3 is 0.856 bits per heavy atom. The first kappa shape index (κ1) is 98.8. The number of imidazole rings is 4. The summed E-state index contributed by atoms with van der Waals surface area (Å²) < 4.78 is 38.6. The molecule has 20 rings (SSSR count). The molecule has 0 saturated carbocycles. The summed E-state index contributed by atoms with van der Waals surface area (Å²) in [6.07, 6.45) is 0.961. The van der Waals surface area contributed by atoms with Crippen LogP contribution in [-0.2, 0) is 6.54 Å². The zero-order chi connectivity index (χ0) is 102. The summed E-state index contributed by atoms with van der Waals surface area (Å²) in [7, 11) is 7.30. The smallest absolute Gasteiger partial charge is 0.255 e. The van der Waals surface area contributed by atoms with Crippen LogP contribution in [0.15, 0.2) is 376 Å². The molecule has 0 radical (unpaired) electrons. The number of H-pyrrole nitrogens is 3. The van der Waals surface area contributed by atoms with E-state index in [0.717, 1.165) is 86.2 Å². The molecular formula is C115H91Cl2F2N17O10. The molecule has 16 aromatic carbocycles. The molecule has 20 aromatic rings. The van der Waals surface area contributed by atoms with Crippen LogP contribution in [0.2, 0.25) is 10.0 Å². The number of aromatic amines is 3. The molecule has 31 heteroatoms. The molecule has 0 spiro atoms. The molecular weight excluding hydrogens is 1890 g/mol. The Bertz CT molecular complexity index is 7870. The van der Waals surface area contributed by atoms with Crippen molar-refractivity contribution in [3.05, 3.63) is 442 Å². The number of hydrogen-bond donors (Lipinski definition) is 11. The fourth-order valence-electron chi connectivity index (χ4n) is 15.4. The van der Waals surface area contributed by atoms with Gasteiger partial charge in [0, 0.05) is 129 Å². The second-order valence-electron chi connectivity index (χ2n) is 33.6. The van der Waals surface area contributed by atoms with Crippen molar-refractivity contribution in [1.82, 2.24) is 44.4 Å². The number of halogens is 4. The fraction of sp³-hybridized carbons (Fsp3) is 0.0609. The number of carbonyl (C=O) groups is 8. The van der Waals surface area contributed by atoms with Gasteiger partial charge >= 0.3 is 0 Å². The summed E-state index contributed by atoms with van der Waals surface area (Å²) >= 11 is 11.8. The third-order valence-electron chi connectivity index (χ3n) is 23.1. The number of nitrogens with one attached hydrogen (secondary N) is 11. The fourth-order valence-corrected chi connectivity index (χ4v) is 15.7. The van der Waals surface area contributed by atoms with Crippen LogP contribution in [-0.4, -0.2) is 126 Å². The zero-order valence-corrected chi connectivity index (χ0v) is 80.2. The number of methoxy groups -OCH3 is 2. The van der Waals surface area contributed by atoms with E-state index < -0.39 is 11.6 Å². The molecule has 0 atom stereocenters. The van der Waals surface area contributed by atoms with E-state index in [1.54, 1.807) is 172 Å². The van der Waals surface area contributed by atoms with Gasteiger partial charge in [-0.25, -0.2) is 28.7 Å². The molecule has 27 nitrogen and oxygen atoms in total. The highest BCUT2D eigenvalue weighted by Crippen LogP contribution is 2.34. The number of anilines is 8. The topological polar surface area (TPSA) is 358 Å². The lowest BCUT2D eigenvalue weighted by atomic mass is 10.1. The highest BCUT2D eigenvalue weighted by molar-refractivity contribution is 6.31. The average molecular weight is 1980 g/mol. The third-order valence-corrected chi connectivity index (χ3v) is 23.6. The Morgan fingerprint density at radius 1 is 0.295 bits per heavy atom. The summed E-state index contributed by atoms with van der Waals surface area (Å²) in [5, 5.41) is 24.2. The van der Waals surface area contributed by atoms with Gasteiger partial charge in [-0.1, -0.05) is 59.6 Å². The predicted molar refractivity (Wildman–Crippen MR) is 571 cm³/mol. The molecule has 4 heterocycles. The summed E-state index contributed by atoms with van der Waals surface area (Å²) in [5.41, 5.74) is 19.1. The number of ether oxygens (including phenoxy) is 2. The Hall–Kier alpha value is -18.8. The van der Waals surface area contributed by atoms with E-state index in [9.17, 15) is 47.1 Å². The van der Waals surface area contributed by atoms with Crippen LogP contribution in [0.4, 0.5) is 54.3 Å². The highest BCUT2D eigenvalue weighted by Gasteiger charge is 2.21. The van der Waals surface area contributed by atoms with Gasteiger partial charge in [0.2, 0.25) is 0 Å². The number of rotatable bonds is 26. The first-order valence-corrected chi connectivity index (χ1v) is 46.6. The van der Waals surface area contributed by atoms with Crippen molar-refractivity contribution >= 4 is 160 Å². The largest absolute Gasteiger partial charge is 0.497 e. The van der Waals surface area contributed by atoms with Crippen molar-refractivity contribution in [2.75, 3.05) is 77.4 Å². The van der Waals surface area contributed by atoms with Crippen molar-refractivity contribution in [1.29, 1.82) is 0 Å². The lowest BCUT2D eigenvalue weighted by Gasteiger charge is -2.13. The SMILES string of the molecule is CN(C)CCCn1c(-c2ccc(NC(=O)c3ccccc3)cc2)nc2cc(NC(=O)c3ccccc3)ccc21.COc1ccc(C(=O)Nc2ccc(-c3nc4ccc(NC(=O)c5ccc(OC)cc5)cc4[nH]3)cc2)cc1.O=C(Nc1ccc(-c2nc3ccc(NC(=O)c4ccc(Cl)cc4)cc3[nH]2)cc1)c1ccc(Cl)cc1.O=C(Nc1ccc(-c2nc3ccc(NC(=O)c4ccc(F)cc4)cc3[nH]2)cc1)c1ccc(F)cc1. The lowest BCUT2D eigenvalue weighted by Crippen LogP contribution is -2.15. The summed E-state index contributed by atoms with van der Waals surface area (Å²) in [5.74, 6) is 1.55. The van der Waals surface area contributed by atoms with Crippen molar-refractivity contribution in [2.45, 2.75) is 13.0 Å². The Morgan fingerprint density at radius 2 is 0.555 bits per heavy atom. The van der Waals surface area contributed by atoms with Crippen LogP contribution in [0.1, 0.15) is 89.3 Å². The number of carbonyl (C=O) groups excluding carboxylic acids is 8. The maximum absolute atomic E-state index is 13.1. The number of amides is 8. The molecule has 146 heavy (non-hydrogen) atoms. The van der Waals surface area contributed by atoms with Crippen molar-refractivity contribution in [2.24, 2.45) is 0 Å². The lowest BCUT2D eigenvalue weighted by molar-refractivity contribution is 0.101. The average Bonchev–Trinajstić information content (AvgIpc) is 1.63. The van der Waals surface area contributed by atoms with Gasteiger partial charge in [-0.15, -0.1) is 0 Å². The number of nitrogens with zero attached hydrogens (tertiary/aromatic N) is 6. The Balaban J connectivity index is 0.000000133. The van der Waals surface area contributed by atoms with Crippen LogP contribution in [0.3, 0.4) is 0 Å². The van der Waals surface area contributed by atoms with E-state index in [4.69, 9.17) is 37.7 Å². The van der Waals surface area contributed by atoms with Crippen LogP contribution in [0.25, 0.3) is 89.7 Å². The highest BCUT2D eigenvalue weighted by atomic mass is 35.5. The van der Waals surface area contributed by atoms with E-state index >= 15 is 0 Å². The minimum absolute atomic E-state index is 0.149. The molecule has 0 aliphatic carbocycles. The zero-order valence-electron chi connectivity index (χ0n) is 78.7. The standard InChI is InChI=1S/C32H31N5O2.C29H24N4O4.C27H18Cl2N4O2.C27H18F2N4O2/c1-36(2)20-9-21-37-29-19-18-27(34-32(39)25-12-7-4-8-13-25)22-28(29)35-30(37)23-14-16-26(17-15-23)33-31(38)24-10-5-3-6-11-24;1-36-23-12-5-19(6-13-23)28(34)30-21-9-3-18(4-10-21)27-32-25-16-11-22(17-26(25)33-27)31-29(35)20-7-14-24(37-2)15-8-20;2*28-19-7-1-17(2-8-19)26(34)30-21-11-5-16(6-12-21)25-32-23-14-13-22(15-24(23)33-25)31-27(35)18-3-9-20(29)10-4-18/h3-8,10-19,22H,9,20-21H2,1-2H3,(H,33,38)(H,34,39);3-17H,1-2H3,(H,30,34)(H,31,35)(H,32,33);2*1-15H,(H,30,34)(H,31,35)(H,32,33). The summed E-state index contributed by atoms with van der Waals surface area (Å²) in [6, 6.07) is 108. The Kier molecular flexibility index (Phi) is 31.1. The molecule has 724 valence electrons. The van der Waals surface area contributed by atoms with Crippen LogP contribution >= 0.6 is 23.2 Å². The van der Waals surface area contributed by atoms with Crippen molar-refractivity contribution in [3.8, 4) is 57.1 Å². The second-order valence-corrected chi connectivity index (χ2v) is 34.4. The number of aryl methyl sites for hydroxylation is 1. The summed E-state index contributed by atoms with van der Waals surface area (Å²) in [6.45, 7) is 1.75. The quantitative estimate of drug-likeness (QED) is 0.0240. The number of fused-ring (bicyclic) bond motifs is 4. The Labute approximate surface area is 845 Å². The molecule has 0 unspecified atom stereocenters. The first-order chi connectivity index (χ1) is 70.9. The maximum atomic E-state index is 13.1. The summed E-state index contributed by atoms with van der Waals surface area (Å²) in [4.78, 5) is 131. The van der Waals surface area contributed by atoms with Gasteiger partial charge in [0.15, 0.2) is 0 Å². The monoisotopic (exact) mass is 1980 g/mol. The van der Waals surface area contributed by atoms with Gasteiger partial charge in [0.1, 0.15) is 46.4 Å². The molecule has 4 aromatic heterocycles. The van der Waals surface area contributed by atoms with Gasteiger partial charge in [0.05, 0.1) is 58.4 Å². The van der Waals surface area contributed by atoms with Gasteiger partial charge in [0.25, 0.3) is 47.3 Å². The number of benzene rings is 16. The normalized spacial score (nSPS) is 10.8. The van der Waals surface area contributed by atoms with E-state index in [1.807, 2.05) is 170 Å². The molecule has 0 bridgehead atoms. The first-order valence-electron chi connectivity index (χ1n) is 45.9.